The number of pyridine rings is 1. The second-order valence-electron chi connectivity index (χ2n) is 7.97. The Hall–Kier alpha value is -3.81. The molecular formula is C25H24F2N4O2. The Balaban J connectivity index is 1.44. The molecule has 6 nitrogen and oxygen atoms in total. The number of halogens is 2. The Bertz CT molecular complexity index is 1180. The number of aromatic nitrogens is 1. The summed E-state index contributed by atoms with van der Waals surface area (Å²) in [6, 6.07) is 11.7. The number of para-hydroxylation sites is 1. The third-order valence-electron chi connectivity index (χ3n) is 5.76. The van der Waals surface area contributed by atoms with Crippen LogP contribution in [0.3, 0.4) is 0 Å². The van der Waals surface area contributed by atoms with Crippen LogP contribution in [-0.4, -0.2) is 23.3 Å². The number of carbonyl (C=O) groups excluding carboxylic acids is 2. The van der Waals surface area contributed by atoms with Crippen LogP contribution in [0.25, 0.3) is 0 Å². The van der Waals surface area contributed by atoms with E-state index in [2.05, 4.69) is 20.9 Å². The third-order valence-corrected chi connectivity index (χ3v) is 5.76. The zero-order valence-corrected chi connectivity index (χ0v) is 18.1. The van der Waals surface area contributed by atoms with Crippen molar-refractivity contribution in [2.75, 3.05) is 17.2 Å². The first-order valence-electron chi connectivity index (χ1n) is 10.8. The van der Waals surface area contributed by atoms with Gasteiger partial charge in [-0.1, -0.05) is 24.3 Å². The summed E-state index contributed by atoms with van der Waals surface area (Å²) in [4.78, 5) is 29.8. The minimum absolute atomic E-state index is 0.0309. The monoisotopic (exact) mass is 450 g/mol. The molecule has 1 aromatic heterocycles. The van der Waals surface area contributed by atoms with Gasteiger partial charge in [0.25, 0.3) is 0 Å². The van der Waals surface area contributed by atoms with E-state index in [1.807, 2.05) is 25.1 Å². The normalized spacial score (nSPS) is 15.1. The zero-order valence-electron chi connectivity index (χ0n) is 18.1. The summed E-state index contributed by atoms with van der Waals surface area (Å²) >= 11 is 0. The number of hydrogen-bond donors (Lipinski definition) is 3. The minimum Gasteiger partial charge on any atom is -0.370 e. The lowest BCUT2D eigenvalue weighted by molar-refractivity contribution is 0.0955. The zero-order chi connectivity index (χ0) is 23.4. The molecule has 3 aromatic rings. The number of aryl methyl sites for hydroxylation is 1. The molecule has 0 saturated carbocycles. The molecular weight excluding hydrogens is 426 g/mol. The number of ketones is 1. The first-order valence-corrected chi connectivity index (χ1v) is 10.8. The lowest BCUT2D eigenvalue weighted by atomic mass is 9.87. The van der Waals surface area contributed by atoms with E-state index in [9.17, 15) is 18.4 Å². The van der Waals surface area contributed by atoms with Crippen LogP contribution < -0.4 is 16.0 Å². The summed E-state index contributed by atoms with van der Waals surface area (Å²) in [5.41, 5.74) is 2.62. The number of nitrogens with zero attached hydrogens (tertiary/aromatic N) is 1. The van der Waals surface area contributed by atoms with Crippen LogP contribution in [0.1, 0.15) is 45.8 Å². The SMILES string of the molecule is Cc1cc(C(=O)C2CCCNc3ncccc32)ccc1CNC(=O)Nc1c(F)cccc1F. The number of amides is 2. The largest absolute Gasteiger partial charge is 0.370 e. The quantitative estimate of drug-likeness (QED) is 0.469. The molecule has 33 heavy (non-hydrogen) atoms. The van der Waals surface area contributed by atoms with E-state index in [-0.39, 0.29) is 18.2 Å². The van der Waals surface area contributed by atoms with Gasteiger partial charge in [-0.15, -0.1) is 0 Å². The fourth-order valence-electron chi connectivity index (χ4n) is 3.99. The first-order chi connectivity index (χ1) is 15.9. The Kier molecular flexibility index (Phi) is 6.63. The van der Waals surface area contributed by atoms with E-state index < -0.39 is 23.4 Å². The van der Waals surface area contributed by atoms with E-state index in [1.165, 1.54) is 6.07 Å². The van der Waals surface area contributed by atoms with Crippen molar-refractivity contribution in [3.05, 3.63) is 88.6 Å². The lowest BCUT2D eigenvalue weighted by Crippen LogP contribution is -2.29. The van der Waals surface area contributed by atoms with Gasteiger partial charge in [-0.25, -0.2) is 18.6 Å². The highest BCUT2D eigenvalue weighted by atomic mass is 19.1. The first kappa shape index (κ1) is 22.4. The number of anilines is 2. The molecule has 0 spiro atoms. The fourth-order valence-corrected chi connectivity index (χ4v) is 3.99. The van der Waals surface area contributed by atoms with Gasteiger partial charge >= 0.3 is 6.03 Å². The summed E-state index contributed by atoms with van der Waals surface area (Å²) in [5.74, 6) is -1.19. The van der Waals surface area contributed by atoms with Gasteiger partial charge in [0.1, 0.15) is 23.1 Å². The predicted octanol–water partition coefficient (Wildman–Crippen LogP) is 5.16. The summed E-state index contributed by atoms with van der Waals surface area (Å²) < 4.78 is 27.4. The molecule has 1 atom stereocenters. The van der Waals surface area contributed by atoms with Gasteiger partial charge in [0.15, 0.2) is 5.78 Å². The molecule has 170 valence electrons. The molecule has 2 heterocycles. The van der Waals surface area contributed by atoms with Crippen LogP contribution >= 0.6 is 0 Å². The van der Waals surface area contributed by atoms with Crippen LogP contribution in [0, 0.1) is 18.6 Å². The minimum atomic E-state index is -0.852. The Morgan fingerprint density at radius 2 is 1.91 bits per heavy atom. The van der Waals surface area contributed by atoms with Gasteiger partial charge in [-0.05, 0) is 55.2 Å². The maximum atomic E-state index is 13.7. The highest BCUT2D eigenvalue weighted by Crippen LogP contribution is 2.32. The molecule has 3 N–H and O–H groups in total. The average molecular weight is 450 g/mol. The number of carbonyl (C=O) groups is 2. The summed E-state index contributed by atoms with van der Waals surface area (Å²) in [6.45, 7) is 2.77. The topological polar surface area (TPSA) is 83.1 Å². The highest BCUT2D eigenvalue weighted by Gasteiger charge is 2.27. The van der Waals surface area contributed by atoms with Crippen LogP contribution in [0.15, 0.2) is 54.7 Å². The van der Waals surface area contributed by atoms with Gasteiger partial charge in [0.05, 0.1) is 5.92 Å². The van der Waals surface area contributed by atoms with Crippen molar-refractivity contribution in [2.24, 2.45) is 0 Å². The maximum absolute atomic E-state index is 13.7. The number of hydrogen-bond acceptors (Lipinski definition) is 4. The summed E-state index contributed by atoms with van der Waals surface area (Å²) in [5, 5.41) is 8.06. The van der Waals surface area contributed by atoms with Crippen molar-refractivity contribution in [3.63, 3.8) is 0 Å². The number of Topliss-reactive ketones (excluding diaryl/α,β-unsaturated/α-hetero) is 1. The van der Waals surface area contributed by atoms with Crippen LogP contribution in [-0.2, 0) is 6.54 Å². The molecule has 0 aliphatic carbocycles. The van der Waals surface area contributed by atoms with Crippen molar-refractivity contribution >= 4 is 23.3 Å². The Morgan fingerprint density at radius 1 is 1.12 bits per heavy atom. The van der Waals surface area contributed by atoms with Gasteiger partial charge in [0, 0.05) is 30.4 Å². The molecule has 2 amide bonds. The standard InChI is InChI=1S/C25H24F2N4O2/c1-15-13-16(23(32)18-5-3-11-28-24-19(18)6-4-12-29-24)9-10-17(15)14-30-25(33)31-22-20(26)7-2-8-21(22)27/h2,4,6-10,12-13,18H,3,5,11,14H2,1H3,(H,28,29)(H2,30,31,33). The summed E-state index contributed by atoms with van der Waals surface area (Å²) in [6.07, 6.45) is 3.31. The third kappa shape index (κ3) is 5.00. The molecule has 8 heteroatoms. The van der Waals surface area contributed by atoms with Crippen molar-refractivity contribution in [3.8, 4) is 0 Å². The molecule has 1 aliphatic rings. The maximum Gasteiger partial charge on any atom is 0.319 e. The molecule has 1 unspecified atom stereocenters. The molecule has 2 aromatic carbocycles. The number of fused-ring (bicyclic) bond motifs is 1. The van der Waals surface area contributed by atoms with Crippen LogP contribution in [0.2, 0.25) is 0 Å². The molecule has 0 radical (unpaired) electrons. The van der Waals surface area contributed by atoms with E-state index >= 15 is 0 Å². The number of rotatable bonds is 5. The molecule has 0 saturated heterocycles. The lowest BCUT2D eigenvalue weighted by Gasteiger charge is -2.17. The molecule has 0 bridgehead atoms. The Labute approximate surface area is 190 Å². The highest BCUT2D eigenvalue weighted by molar-refractivity contribution is 6.02. The summed E-state index contributed by atoms with van der Waals surface area (Å²) in [7, 11) is 0. The van der Waals surface area contributed by atoms with Crippen LogP contribution in [0.4, 0.5) is 25.1 Å². The van der Waals surface area contributed by atoms with E-state index in [0.29, 0.717) is 5.56 Å². The smallest absolute Gasteiger partial charge is 0.319 e. The van der Waals surface area contributed by atoms with Gasteiger partial charge in [-0.2, -0.15) is 0 Å². The molecule has 0 fully saturated rings. The fraction of sp³-hybridized carbons (Fsp3) is 0.240. The number of benzene rings is 2. The average Bonchev–Trinajstić information content (AvgIpc) is 3.03. The Morgan fingerprint density at radius 3 is 2.67 bits per heavy atom. The molecule has 1 aliphatic heterocycles. The number of urea groups is 1. The van der Waals surface area contributed by atoms with Gasteiger partial charge in [0.2, 0.25) is 0 Å². The second kappa shape index (κ2) is 9.77. The van der Waals surface area contributed by atoms with Crippen LogP contribution in [0.5, 0.6) is 0 Å². The van der Waals surface area contributed by atoms with Crippen molar-refractivity contribution < 1.29 is 18.4 Å². The van der Waals surface area contributed by atoms with E-state index in [1.54, 1.807) is 18.3 Å². The second-order valence-corrected chi connectivity index (χ2v) is 7.97. The van der Waals surface area contributed by atoms with E-state index in [4.69, 9.17) is 0 Å². The van der Waals surface area contributed by atoms with Crippen molar-refractivity contribution in [1.82, 2.24) is 10.3 Å². The van der Waals surface area contributed by atoms with Crippen molar-refractivity contribution in [1.29, 1.82) is 0 Å². The molecule has 4 rings (SSSR count). The van der Waals surface area contributed by atoms with Gasteiger partial charge < -0.3 is 16.0 Å². The van der Waals surface area contributed by atoms with Gasteiger partial charge in [-0.3, -0.25) is 4.79 Å². The predicted molar refractivity (Wildman–Crippen MR) is 122 cm³/mol. The van der Waals surface area contributed by atoms with Crippen molar-refractivity contribution in [2.45, 2.75) is 32.2 Å². The number of nitrogens with one attached hydrogen (secondary N) is 3. The van der Waals surface area contributed by atoms with E-state index in [0.717, 1.165) is 54.0 Å².